The first-order chi connectivity index (χ1) is 11.2. The molecule has 1 aromatic heterocycles. The SMILES string of the molecule is CCc1ccc(-c2noc(CNc3ccc(C)c(F)c3)n2)cc1. The quantitative estimate of drug-likeness (QED) is 0.760. The van der Waals surface area contributed by atoms with Crippen LogP contribution in [0.2, 0.25) is 0 Å². The molecule has 0 amide bonds. The summed E-state index contributed by atoms with van der Waals surface area (Å²) in [5, 5.41) is 7.06. The molecule has 3 aromatic rings. The van der Waals surface area contributed by atoms with E-state index in [1.165, 1.54) is 11.6 Å². The molecule has 23 heavy (non-hydrogen) atoms. The molecular weight excluding hydrogens is 293 g/mol. The average Bonchev–Trinajstić information content (AvgIpc) is 3.05. The molecule has 4 nitrogen and oxygen atoms in total. The van der Waals surface area contributed by atoms with Crippen molar-refractivity contribution in [3.8, 4) is 11.4 Å². The summed E-state index contributed by atoms with van der Waals surface area (Å²) in [5.74, 6) is 0.775. The van der Waals surface area contributed by atoms with Crippen molar-refractivity contribution >= 4 is 5.69 Å². The van der Waals surface area contributed by atoms with Crippen LogP contribution in [0.3, 0.4) is 0 Å². The van der Waals surface area contributed by atoms with Crippen molar-refractivity contribution < 1.29 is 8.91 Å². The maximum Gasteiger partial charge on any atom is 0.246 e. The summed E-state index contributed by atoms with van der Waals surface area (Å²) in [7, 11) is 0. The summed E-state index contributed by atoms with van der Waals surface area (Å²) in [4.78, 5) is 4.36. The third-order valence-electron chi connectivity index (χ3n) is 3.70. The zero-order chi connectivity index (χ0) is 16.2. The lowest BCUT2D eigenvalue weighted by Gasteiger charge is -2.04. The van der Waals surface area contributed by atoms with Crippen molar-refractivity contribution in [3.63, 3.8) is 0 Å². The van der Waals surface area contributed by atoms with Crippen LogP contribution in [0.15, 0.2) is 47.0 Å². The Kier molecular flexibility index (Phi) is 4.37. The van der Waals surface area contributed by atoms with Gasteiger partial charge in [0.1, 0.15) is 5.82 Å². The smallest absolute Gasteiger partial charge is 0.246 e. The van der Waals surface area contributed by atoms with E-state index in [0.29, 0.717) is 29.5 Å². The van der Waals surface area contributed by atoms with Crippen molar-refractivity contribution in [2.75, 3.05) is 5.32 Å². The van der Waals surface area contributed by atoms with Crippen LogP contribution in [0.1, 0.15) is 23.9 Å². The van der Waals surface area contributed by atoms with Crippen LogP contribution >= 0.6 is 0 Å². The van der Waals surface area contributed by atoms with Crippen molar-refractivity contribution in [1.29, 1.82) is 0 Å². The van der Waals surface area contributed by atoms with Crippen LogP contribution in [-0.2, 0) is 13.0 Å². The van der Waals surface area contributed by atoms with Gasteiger partial charge in [-0.05, 0) is 36.6 Å². The first kappa shape index (κ1) is 15.2. The van der Waals surface area contributed by atoms with Crippen LogP contribution in [0, 0.1) is 12.7 Å². The van der Waals surface area contributed by atoms with E-state index in [4.69, 9.17) is 4.52 Å². The number of nitrogens with one attached hydrogen (secondary N) is 1. The van der Waals surface area contributed by atoms with E-state index >= 15 is 0 Å². The molecule has 0 saturated carbocycles. The van der Waals surface area contributed by atoms with Gasteiger partial charge >= 0.3 is 0 Å². The van der Waals surface area contributed by atoms with Gasteiger partial charge in [-0.3, -0.25) is 0 Å². The molecule has 0 atom stereocenters. The molecular formula is C18H18FN3O. The van der Waals surface area contributed by atoms with E-state index in [1.54, 1.807) is 13.0 Å². The van der Waals surface area contributed by atoms with Gasteiger partial charge < -0.3 is 9.84 Å². The van der Waals surface area contributed by atoms with Gasteiger partial charge in [0, 0.05) is 11.3 Å². The fourth-order valence-corrected chi connectivity index (χ4v) is 2.21. The molecule has 0 fully saturated rings. The van der Waals surface area contributed by atoms with Gasteiger partial charge in [-0.2, -0.15) is 4.98 Å². The van der Waals surface area contributed by atoms with E-state index in [9.17, 15) is 4.39 Å². The van der Waals surface area contributed by atoms with Gasteiger partial charge in [0.05, 0.1) is 6.54 Å². The van der Waals surface area contributed by atoms with Crippen molar-refractivity contribution in [1.82, 2.24) is 10.1 Å². The van der Waals surface area contributed by atoms with Crippen LogP contribution < -0.4 is 5.32 Å². The monoisotopic (exact) mass is 311 g/mol. The molecule has 0 spiro atoms. The number of aryl methyl sites for hydroxylation is 2. The molecule has 0 aliphatic heterocycles. The lowest BCUT2D eigenvalue weighted by molar-refractivity contribution is 0.384. The van der Waals surface area contributed by atoms with Crippen molar-refractivity contribution in [2.45, 2.75) is 26.8 Å². The van der Waals surface area contributed by atoms with Crippen molar-refractivity contribution in [3.05, 3.63) is 65.3 Å². The highest BCUT2D eigenvalue weighted by molar-refractivity contribution is 5.54. The fraction of sp³-hybridized carbons (Fsp3) is 0.222. The Bertz CT molecular complexity index is 796. The predicted molar refractivity (Wildman–Crippen MR) is 87.6 cm³/mol. The second-order valence-electron chi connectivity index (χ2n) is 5.38. The Labute approximate surface area is 134 Å². The van der Waals surface area contributed by atoms with Crippen LogP contribution in [0.5, 0.6) is 0 Å². The third-order valence-corrected chi connectivity index (χ3v) is 3.70. The Morgan fingerprint density at radius 1 is 1.13 bits per heavy atom. The fourth-order valence-electron chi connectivity index (χ4n) is 2.21. The number of rotatable bonds is 5. The molecule has 3 rings (SSSR count). The largest absolute Gasteiger partial charge is 0.376 e. The maximum atomic E-state index is 13.5. The van der Waals surface area contributed by atoms with Crippen LogP contribution in [-0.4, -0.2) is 10.1 Å². The van der Waals surface area contributed by atoms with Gasteiger partial charge in [0.15, 0.2) is 0 Å². The lowest BCUT2D eigenvalue weighted by Crippen LogP contribution is -2.00. The average molecular weight is 311 g/mol. The summed E-state index contributed by atoms with van der Waals surface area (Å²) < 4.78 is 18.7. The zero-order valence-electron chi connectivity index (χ0n) is 13.1. The molecule has 1 N–H and O–H groups in total. The highest BCUT2D eigenvalue weighted by atomic mass is 19.1. The molecule has 0 bridgehead atoms. The number of hydrogen-bond donors (Lipinski definition) is 1. The van der Waals surface area contributed by atoms with E-state index < -0.39 is 0 Å². The van der Waals surface area contributed by atoms with Gasteiger partial charge in [-0.1, -0.05) is 42.4 Å². The number of anilines is 1. The summed E-state index contributed by atoms with van der Waals surface area (Å²) in [6.07, 6.45) is 0.995. The van der Waals surface area contributed by atoms with Crippen LogP contribution in [0.25, 0.3) is 11.4 Å². The molecule has 5 heteroatoms. The van der Waals surface area contributed by atoms with Gasteiger partial charge in [0.25, 0.3) is 0 Å². The Hall–Kier alpha value is -2.69. The minimum Gasteiger partial charge on any atom is -0.376 e. The number of halogens is 1. The topological polar surface area (TPSA) is 51.0 Å². The summed E-state index contributed by atoms with van der Waals surface area (Å²) >= 11 is 0. The lowest BCUT2D eigenvalue weighted by atomic mass is 10.1. The highest BCUT2D eigenvalue weighted by Crippen LogP contribution is 2.18. The highest BCUT2D eigenvalue weighted by Gasteiger charge is 2.09. The minimum absolute atomic E-state index is 0.239. The number of benzene rings is 2. The second kappa shape index (κ2) is 6.60. The van der Waals surface area contributed by atoms with Gasteiger partial charge in [-0.15, -0.1) is 0 Å². The maximum absolute atomic E-state index is 13.5. The molecule has 2 aromatic carbocycles. The normalized spacial score (nSPS) is 10.7. The van der Waals surface area contributed by atoms with E-state index in [0.717, 1.165) is 12.0 Å². The van der Waals surface area contributed by atoms with Gasteiger partial charge in [-0.25, -0.2) is 4.39 Å². The minimum atomic E-state index is -0.239. The molecule has 0 unspecified atom stereocenters. The third kappa shape index (κ3) is 3.56. The first-order valence-corrected chi connectivity index (χ1v) is 7.57. The van der Waals surface area contributed by atoms with E-state index in [1.807, 2.05) is 18.2 Å². The van der Waals surface area contributed by atoms with E-state index in [-0.39, 0.29) is 5.82 Å². The molecule has 0 radical (unpaired) electrons. The standard InChI is InChI=1S/C18H18FN3O/c1-3-13-5-7-14(8-6-13)18-21-17(23-22-18)11-20-15-9-4-12(2)16(19)10-15/h4-10,20H,3,11H2,1-2H3. The zero-order valence-corrected chi connectivity index (χ0v) is 13.1. The first-order valence-electron chi connectivity index (χ1n) is 7.57. The molecule has 0 aliphatic rings. The molecule has 0 saturated heterocycles. The predicted octanol–water partition coefficient (Wildman–Crippen LogP) is 4.36. The number of nitrogens with zero attached hydrogens (tertiary/aromatic N) is 2. The Morgan fingerprint density at radius 2 is 1.91 bits per heavy atom. The molecule has 118 valence electrons. The van der Waals surface area contributed by atoms with Gasteiger partial charge in [0.2, 0.25) is 11.7 Å². The number of aromatic nitrogens is 2. The molecule has 0 aliphatic carbocycles. The summed E-state index contributed by atoms with van der Waals surface area (Å²) in [5.41, 5.74) is 3.48. The molecule has 1 heterocycles. The summed E-state index contributed by atoms with van der Waals surface area (Å²) in [6, 6.07) is 13.1. The number of hydrogen-bond acceptors (Lipinski definition) is 4. The second-order valence-corrected chi connectivity index (χ2v) is 5.38. The summed E-state index contributed by atoms with van der Waals surface area (Å²) in [6.45, 7) is 4.19. The van der Waals surface area contributed by atoms with Crippen molar-refractivity contribution in [2.24, 2.45) is 0 Å². The Balaban J connectivity index is 1.67. The van der Waals surface area contributed by atoms with E-state index in [2.05, 4.69) is 34.5 Å². The van der Waals surface area contributed by atoms with Crippen LogP contribution in [0.4, 0.5) is 10.1 Å². The Morgan fingerprint density at radius 3 is 2.61 bits per heavy atom.